The van der Waals surface area contributed by atoms with E-state index in [4.69, 9.17) is 69.8 Å². The molecule has 32 nitrogen and oxygen atoms in total. The number of carbonyl (C=O) groups excluding carboxylic acids is 8. The third-order valence-electron chi connectivity index (χ3n) is 19.9. The van der Waals surface area contributed by atoms with Crippen LogP contribution in [0.15, 0.2) is 54.1 Å². The number of fused-ring (bicyclic) bond motifs is 5. The number of halogens is 1. The van der Waals surface area contributed by atoms with Gasteiger partial charge in [-0.2, -0.15) is 0 Å². The molecule has 0 aliphatic carbocycles. The molecular formula is C72H101ClN6O26. The summed E-state index contributed by atoms with van der Waals surface area (Å²) >= 11 is 6.88. The third kappa shape index (κ3) is 21.9. The van der Waals surface area contributed by atoms with Gasteiger partial charge in [0, 0.05) is 84.4 Å². The number of nitrogens with zero attached hydrogens (tertiary/aromatic N) is 4. The molecule has 9 N–H and O–H groups in total. The Morgan fingerprint density at radius 3 is 2.21 bits per heavy atom. The molecular weight excluding hydrogens is 1400 g/mol. The average molecular weight is 1500 g/mol. The number of ether oxygens (including phenoxy) is 10. The van der Waals surface area contributed by atoms with E-state index < -0.39 is 163 Å². The van der Waals surface area contributed by atoms with Crippen molar-refractivity contribution in [3.63, 3.8) is 0 Å². The molecule has 4 fully saturated rings. The molecule has 105 heavy (non-hydrogen) atoms. The Hall–Kier alpha value is -7.89. The number of likely N-dealkylation sites (tertiary alicyclic amines) is 1. The molecule has 5 heterocycles. The first-order valence-corrected chi connectivity index (χ1v) is 35.4. The molecule has 582 valence electrons. The summed E-state index contributed by atoms with van der Waals surface area (Å²) in [5.74, 6) is -8.70. The zero-order valence-electron chi connectivity index (χ0n) is 61.1. The van der Waals surface area contributed by atoms with Gasteiger partial charge in [-0.25, -0.2) is 14.4 Å². The number of amides is 5. The van der Waals surface area contributed by atoms with Crippen molar-refractivity contribution in [3.05, 3.63) is 70.3 Å². The number of piperidine rings is 1. The van der Waals surface area contributed by atoms with E-state index >= 15 is 0 Å². The van der Waals surface area contributed by atoms with Crippen LogP contribution in [-0.4, -0.2) is 264 Å². The van der Waals surface area contributed by atoms with Crippen LogP contribution in [0.3, 0.4) is 0 Å². The van der Waals surface area contributed by atoms with Gasteiger partial charge in [-0.1, -0.05) is 69.2 Å². The monoisotopic (exact) mass is 1500 g/mol. The van der Waals surface area contributed by atoms with Crippen LogP contribution in [0.5, 0.6) is 11.5 Å². The molecule has 33 heteroatoms. The van der Waals surface area contributed by atoms with Gasteiger partial charge in [0.05, 0.1) is 76.3 Å². The summed E-state index contributed by atoms with van der Waals surface area (Å²) in [4.78, 5) is 139. The standard InChI is InChI=1S/C72H101ClN6O26/c1-38(2)60(74)48(80)30-40(4)66(90)75-46-16-15-43(32-49(46)102-69-63(89)61(87)62(88)64(104-69)67(91)92)37-100-70(94)78-22-19-45(20-23-78)79(24-26-99-28-27-98-25-21-57(84)85)55(82)18-17-54(81)76(8)42(6)68(93)103-53-34-56(83)77(9)47-31-44(33-50(96-10)59(47)73)29-39(3)13-12-14-52(97-11)72(95)35-51(101-58(86)36-72)41(5)65-71(53,7)105-65/h12-16,31-33,38,40-42,45,51-53,60-65,69,87-89,95H,17-30,34-37,74H2,1-11H3,(H,75,90)(H,84,85)(H,91,92)/b14-12+,39-13+/t40-,41-,42+,51+,52-,53+,60+,61+,62+,63-,64+,65?,69-,71+,72-/m1/s1. The lowest BCUT2D eigenvalue weighted by Gasteiger charge is -2.41. The van der Waals surface area contributed by atoms with E-state index in [-0.39, 0.29) is 137 Å². The number of aliphatic hydroxyl groups is 4. The maximum Gasteiger partial charge on any atom is 0.410 e. The molecule has 5 aliphatic heterocycles. The van der Waals surface area contributed by atoms with Gasteiger partial charge in [-0.15, -0.1) is 0 Å². The minimum Gasteiger partial charge on any atom is -0.495 e. The number of hydrogen-bond donors (Lipinski definition) is 8. The molecule has 5 aliphatic rings. The molecule has 7 rings (SSSR count). The predicted octanol–water partition coefficient (Wildman–Crippen LogP) is 3.47. The number of epoxide rings is 1. The van der Waals surface area contributed by atoms with E-state index in [1.807, 2.05) is 13.0 Å². The topological polar surface area (TPSA) is 439 Å². The maximum atomic E-state index is 14.6. The number of anilines is 2. The first-order valence-electron chi connectivity index (χ1n) is 35.0. The Bertz CT molecular complexity index is 3510. The quantitative estimate of drug-likeness (QED) is 0.0250. The highest BCUT2D eigenvalue weighted by atomic mass is 35.5. The van der Waals surface area contributed by atoms with Crippen LogP contribution in [0.2, 0.25) is 5.02 Å². The van der Waals surface area contributed by atoms with Crippen LogP contribution >= 0.6 is 11.6 Å². The fourth-order valence-electron chi connectivity index (χ4n) is 13.0. The van der Waals surface area contributed by atoms with Crippen molar-refractivity contribution in [2.45, 2.75) is 204 Å². The molecule has 15 atom stereocenters. The van der Waals surface area contributed by atoms with E-state index in [9.17, 15) is 73.5 Å². The SMILES string of the molecule is COc1cc2cc(c1Cl)N(C)C(=O)C[C@H](OC(=O)[C@H](C)N(C)C(=O)CCC(=O)N(CCOCCOCCC(=O)O)C1CCN(C(=O)OCc3ccc(NC(=O)[C@H](C)CC(=O)[C@@H](N)C(C)C)c(O[C@@H]4O[C@H](C(=O)O)[C@@H](O)[C@H](O)[C@H]4O)c3)CC1)[C@]1(C)OC1[C@H](C)[C@@H]1C[C@@](O)(CC(=O)O1)[C@H](OC)/C=C/C=C(\C)C2. The molecule has 2 aromatic carbocycles. The highest BCUT2D eigenvalue weighted by Gasteiger charge is 2.65. The third-order valence-corrected chi connectivity index (χ3v) is 20.3. The zero-order valence-corrected chi connectivity index (χ0v) is 61.9. The van der Waals surface area contributed by atoms with E-state index in [1.165, 1.54) is 75.1 Å². The number of ketones is 1. The van der Waals surface area contributed by atoms with Crippen LogP contribution in [0.4, 0.5) is 16.2 Å². The van der Waals surface area contributed by atoms with E-state index in [0.717, 1.165) is 16.0 Å². The summed E-state index contributed by atoms with van der Waals surface area (Å²) in [6.45, 7) is 11.5. The number of rotatable bonds is 29. The van der Waals surface area contributed by atoms with Gasteiger partial charge in [-0.3, -0.25) is 33.6 Å². The van der Waals surface area contributed by atoms with Gasteiger partial charge in [-0.05, 0) is 81.3 Å². The number of aliphatic hydroxyl groups excluding tert-OH is 3. The van der Waals surface area contributed by atoms with Crippen LogP contribution in [-0.2, 0) is 94.1 Å². The minimum atomic E-state index is -2.05. The number of hydrogen-bond acceptors (Lipinski definition) is 25. The number of aliphatic carboxylic acids is 2. The fourth-order valence-corrected chi connectivity index (χ4v) is 13.4. The number of benzene rings is 2. The first kappa shape index (κ1) is 84.4. The van der Waals surface area contributed by atoms with Crippen molar-refractivity contribution >= 4 is 82.4 Å². The van der Waals surface area contributed by atoms with Crippen molar-refractivity contribution in [2.75, 3.05) is 84.6 Å². The summed E-state index contributed by atoms with van der Waals surface area (Å²) in [5, 5.41) is 65.2. The molecule has 0 radical (unpaired) electrons. The number of nitrogens with one attached hydrogen (secondary N) is 1. The van der Waals surface area contributed by atoms with Crippen LogP contribution in [0, 0.1) is 17.8 Å². The second-order valence-corrected chi connectivity index (χ2v) is 28.3. The first-order chi connectivity index (χ1) is 49.5. The Morgan fingerprint density at radius 1 is 0.886 bits per heavy atom. The molecule has 0 spiro atoms. The highest BCUT2D eigenvalue weighted by Crippen LogP contribution is 2.50. The fraction of sp³-hybridized carbons (Fsp3) is 0.639. The lowest BCUT2D eigenvalue weighted by Crippen LogP contribution is -2.61. The van der Waals surface area contributed by atoms with E-state index in [1.54, 1.807) is 52.0 Å². The van der Waals surface area contributed by atoms with Crippen LogP contribution in [0.1, 0.15) is 117 Å². The Kier molecular flexibility index (Phi) is 30.2. The molecule has 4 saturated heterocycles. The van der Waals surface area contributed by atoms with Gasteiger partial charge >= 0.3 is 30.0 Å². The number of esters is 2. The number of nitrogens with two attached hydrogens (primary N) is 1. The summed E-state index contributed by atoms with van der Waals surface area (Å²) < 4.78 is 57.9. The molecule has 5 amide bonds. The predicted molar refractivity (Wildman–Crippen MR) is 373 cm³/mol. The molecule has 0 saturated carbocycles. The van der Waals surface area contributed by atoms with E-state index in [0.29, 0.717) is 12.1 Å². The lowest BCUT2D eigenvalue weighted by atomic mass is 9.78. The van der Waals surface area contributed by atoms with Gasteiger partial charge in [0.1, 0.15) is 77.0 Å². The average Bonchev–Trinajstić information content (AvgIpc) is 1.57. The van der Waals surface area contributed by atoms with Gasteiger partial charge in [0.2, 0.25) is 29.9 Å². The van der Waals surface area contributed by atoms with Crippen molar-refractivity contribution in [2.24, 2.45) is 23.5 Å². The maximum absolute atomic E-state index is 14.6. The number of Topliss-reactive ketones (excluding diaryl/α,β-unsaturated/α-hetero) is 1. The highest BCUT2D eigenvalue weighted by molar-refractivity contribution is 6.35. The second kappa shape index (κ2) is 37.6. The van der Waals surface area contributed by atoms with Crippen molar-refractivity contribution in [1.29, 1.82) is 0 Å². The largest absolute Gasteiger partial charge is 0.495 e. The Labute approximate surface area is 614 Å². The Balaban J connectivity index is 1.03. The van der Waals surface area contributed by atoms with Crippen molar-refractivity contribution < 1.29 is 126 Å². The molecule has 0 aromatic heterocycles. The zero-order chi connectivity index (χ0) is 77.5. The number of allylic oxidation sites excluding steroid dienone is 3. The van der Waals surface area contributed by atoms with Crippen LogP contribution in [0.25, 0.3) is 0 Å². The summed E-state index contributed by atoms with van der Waals surface area (Å²) in [5.41, 5.74) is 5.01. The lowest BCUT2D eigenvalue weighted by molar-refractivity contribution is -0.271. The number of methoxy groups -OCH3 is 2. The van der Waals surface area contributed by atoms with Gasteiger partial charge in [0.25, 0.3) is 0 Å². The number of carboxylic acids is 2. The normalized spacial score (nSPS) is 27.5. The molecule has 2 aromatic rings. The molecule has 1 unspecified atom stereocenters. The van der Waals surface area contributed by atoms with E-state index in [2.05, 4.69) is 5.32 Å². The molecule has 4 bridgehead atoms. The smallest absolute Gasteiger partial charge is 0.410 e. The number of likely N-dealkylation sites (N-methyl/N-ethyl adjacent to an activating group) is 1. The van der Waals surface area contributed by atoms with Crippen molar-refractivity contribution in [3.8, 4) is 11.5 Å². The van der Waals surface area contributed by atoms with Gasteiger partial charge in [0.15, 0.2) is 11.9 Å². The Morgan fingerprint density at radius 2 is 1.56 bits per heavy atom. The summed E-state index contributed by atoms with van der Waals surface area (Å²) in [7, 11) is 5.74. The summed E-state index contributed by atoms with van der Waals surface area (Å²) in [6.07, 6.45) is -10.8. The number of carboxylic acid groups (broad SMARTS) is 2. The van der Waals surface area contributed by atoms with Crippen molar-refractivity contribution in [1.82, 2.24) is 14.7 Å². The van der Waals surface area contributed by atoms with Gasteiger partial charge < -0.3 is 109 Å². The summed E-state index contributed by atoms with van der Waals surface area (Å²) in [6, 6.07) is 4.96. The van der Waals surface area contributed by atoms with Crippen LogP contribution < -0.4 is 25.4 Å². The number of carbonyl (C=O) groups is 10. The minimum absolute atomic E-state index is 0.00602. The second-order valence-electron chi connectivity index (χ2n) is 28.0.